The fourth-order valence-corrected chi connectivity index (χ4v) is 1.73. The van der Waals surface area contributed by atoms with E-state index >= 15 is 0 Å². The van der Waals surface area contributed by atoms with Gasteiger partial charge in [-0.1, -0.05) is 23.7 Å². The summed E-state index contributed by atoms with van der Waals surface area (Å²) < 4.78 is 13.4. The smallest absolute Gasteiger partial charge is 0.303 e. The van der Waals surface area contributed by atoms with Crippen molar-refractivity contribution < 1.29 is 14.3 Å². The molecule has 0 bridgehead atoms. The van der Waals surface area contributed by atoms with Crippen LogP contribution in [0, 0.1) is 12.7 Å². The molecule has 88 valence electrons. The lowest BCUT2D eigenvalue weighted by atomic mass is 10.0. The Bertz CT molecular complexity index is 409. The van der Waals surface area contributed by atoms with Crippen LogP contribution in [0.25, 0.3) is 0 Å². The van der Waals surface area contributed by atoms with Crippen molar-refractivity contribution in [2.24, 2.45) is 5.73 Å². The van der Waals surface area contributed by atoms with Gasteiger partial charge in [0.2, 0.25) is 0 Å². The molecule has 0 amide bonds. The van der Waals surface area contributed by atoms with Crippen LogP contribution in [0.5, 0.6) is 0 Å². The van der Waals surface area contributed by atoms with Gasteiger partial charge in [0.1, 0.15) is 5.82 Å². The molecule has 1 aromatic rings. The molecule has 16 heavy (non-hydrogen) atoms. The Kier molecular flexibility index (Phi) is 4.26. The molecule has 1 aromatic carbocycles. The zero-order valence-electron chi connectivity index (χ0n) is 8.84. The number of hydrogen-bond donors (Lipinski definition) is 2. The highest BCUT2D eigenvalue weighted by molar-refractivity contribution is 6.31. The summed E-state index contributed by atoms with van der Waals surface area (Å²) in [5, 5.41) is 8.50. The molecule has 1 unspecified atom stereocenters. The summed E-state index contributed by atoms with van der Waals surface area (Å²) in [6, 6.07) is 2.66. The summed E-state index contributed by atoms with van der Waals surface area (Å²) in [5.74, 6) is -1.43. The van der Waals surface area contributed by atoms with Crippen LogP contribution >= 0.6 is 11.6 Å². The first-order valence-corrected chi connectivity index (χ1v) is 5.23. The lowest BCUT2D eigenvalue weighted by Crippen LogP contribution is -2.13. The molecule has 0 heterocycles. The van der Waals surface area contributed by atoms with Crippen molar-refractivity contribution in [1.29, 1.82) is 0 Å². The molecule has 0 aliphatic heterocycles. The van der Waals surface area contributed by atoms with E-state index in [1.165, 1.54) is 0 Å². The van der Waals surface area contributed by atoms with Gasteiger partial charge in [-0.3, -0.25) is 4.79 Å². The van der Waals surface area contributed by atoms with Crippen LogP contribution in [0.15, 0.2) is 12.1 Å². The summed E-state index contributed by atoms with van der Waals surface area (Å²) in [5.41, 5.74) is 6.64. The number of aliphatic carboxylic acids is 1. The minimum atomic E-state index is -0.931. The van der Waals surface area contributed by atoms with Gasteiger partial charge in [0.15, 0.2) is 0 Å². The summed E-state index contributed by atoms with van der Waals surface area (Å²) in [6.45, 7) is 1.60. The zero-order chi connectivity index (χ0) is 12.3. The van der Waals surface area contributed by atoms with E-state index in [1.807, 2.05) is 0 Å². The van der Waals surface area contributed by atoms with Gasteiger partial charge in [-0.25, -0.2) is 4.39 Å². The summed E-state index contributed by atoms with van der Waals surface area (Å²) in [6.07, 6.45) is 0.171. The topological polar surface area (TPSA) is 63.3 Å². The minimum Gasteiger partial charge on any atom is -0.481 e. The van der Waals surface area contributed by atoms with Crippen molar-refractivity contribution >= 4 is 17.6 Å². The molecule has 5 heteroatoms. The summed E-state index contributed by atoms with van der Waals surface area (Å²) in [7, 11) is 0. The average molecular weight is 246 g/mol. The van der Waals surface area contributed by atoms with Gasteiger partial charge >= 0.3 is 5.97 Å². The molecular weight excluding hydrogens is 233 g/mol. The number of benzene rings is 1. The molecule has 0 aromatic heterocycles. The van der Waals surface area contributed by atoms with Crippen molar-refractivity contribution in [1.82, 2.24) is 0 Å². The highest BCUT2D eigenvalue weighted by Crippen LogP contribution is 2.28. The van der Waals surface area contributed by atoms with Crippen LogP contribution < -0.4 is 5.73 Å². The molecule has 3 N–H and O–H groups in total. The maximum absolute atomic E-state index is 13.4. The standard InChI is InChI=1S/C11H13ClFNO2/c1-6-2-3-7(10(12)11(6)13)8(14)4-5-9(15)16/h2-3,8H,4-5,14H2,1H3,(H,15,16). The molecule has 0 radical (unpaired) electrons. The SMILES string of the molecule is Cc1ccc(C(N)CCC(=O)O)c(Cl)c1F. The highest BCUT2D eigenvalue weighted by Gasteiger charge is 2.15. The predicted octanol–water partition coefficient (Wildman–Crippen LogP) is 2.65. The van der Waals surface area contributed by atoms with Crippen molar-refractivity contribution in [2.45, 2.75) is 25.8 Å². The Morgan fingerprint density at radius 1 is 1.62 bits per heavy atom. The lowest BCUT2D eigenvalue weighted by Gasteiger charge is -2.13. The molecule has 0 aliphatic carbocycles. The Morgan fingerprint density at radius 3 is 2.81 bits per heavy atom. The largest absolute Gasteiger partial charge is 0.481 e. The van der Waals surface area contributed by atoms with Crippen LogP contribution in [0.4, 0.5) is 4.39 Å². The fourth-order valence-electron chi connectivity index (χ4n) is 1.38. The van der Waals surface area contributed by atoms with Gasteiger partial charge < -0.3 is 10.8 Å². The Labute approximate surface area is 98.0 Å². The molecular formula is C11H13ClFNO2. The molecule has 3 nitrogen and oxygen atoms in total. The molecule has 0 spiro atoms. The molecule has 0 saturated heterocycles. The van der Waals surface area contributed by atoms with E-state index in [4.69, 9.17) is 22.4 Å². The van der Waals surface area contributed by atoms with E-state index in [-0.39, 0.29) is 17.9 Å². The van der Waals surface area contributed by atoms with Crippen LogP contribution in [0.2, 0.25) is 5.02 Å². The van der Waals surface area contributed by atoms with E-state index in [0.29, 0.717) is 11.1 Å². The quantitative estimate of drug-likeness (QED) is 0.857. The Balaban J connectivity index is 2.87. The predicted molar refractivity (Wildman–Crippen MR) is 59.9 cm³/mol. The number of nitrogens with two attached hydrogens (primary N) is 1. The van der Waals surface area contributed by atoms with E-state index < -0.39 is 17.8 Å². The van der Waals surface area contributed by atoms with Crippen molar-refractivity contribution in [2.75, 3.05) is 0 Å². The summed E-state index contributed by atoms with van der Waals surface area (Å²) >= 11 is 5.81. The number of rotatable bonds is 4. The van der Waals surface area contributed by atoms with Crippen LogP contribution in [0.3, 0.4) is 0 Å². The minimum absolute atomic E-state index is 0.0158. The number of carbonyl (C=O) groups is 1. The van der Waals surface area contributed by atoms with Gasteiger partial charge in [-0.2, -0.15) is 0 Å². The van der Waals surface area contributed by atoms with Crippen molar-refractivity contribution in [3.05, 3.63) is 34.1 Å². The molecule has 0 aliphatic rings. The lowest BCUT2D eigenvalue weighted by molar-refractivity contribution is -0.137. The highest BCUT2D eigenvalue weighted by atomic mass is 35.5. The molecule has 1 rings (SSSR count). The second kappa shape index (κ2) is 5.27. The average Bonchev–Trinajstić information content (AvgIpc) is 2.23. The van der Waals surface area contributed by atoms with Gasteiger partial charge in [-0.15, -0.1) is 0 Å². The second-order valence-electron chi connectivity index (χ2n) is 3.64. The van der Waals surface area contributed by atoms with E-state index in [0.717, 1.165) is 0 Å². The zero-order valence-corrected chi connectivity index (χ0v) is 9.59. The van der Waals surface area contributed by atoms with Gasteiger partial charge in [-0.05, 0) is 24.5 Å². The maximum Gasteiger partial charge on any atom is 0.303 e. The second-order valence-corrected chi connectivity index (χ2v) is 4.02. The third-order valence-corrected chi connectivity index (χ3v) is 2.76. The third-order valence-electron chi connectivity index (χ3n) is 2.37. The first-order valence-electron chi connectivity index (χ1n) is 4.85. The third kappa shape index (κ3) is 2.93. The molecule has 0 fully saturated rings. The summed E-state index contributed by atoms with van der Waals surface area (Å²) in [4.78, 5) is 10.4. The van der Waals surface area contributed by atoms with Crippen LogP contribution in [-0.4, -0.2) is 11.1 Å². The molecule has 1 atom stereocenters. The number of hydrogen-bond acceptors (Lipinski definition) is 2. The number of aryl methyl sites for hydroxylation is 1. The Morgan fingerprint density at radius 2 is 2.25 bits per heavy atom. The van der Waals surface area contributed by atoms with E-state index in [9.17, 15) is 9.18 Å². The first kappa shape index (κ1) is 12.9. The van der Waals surface area contributed by atoms with Gasteiger partial charge in [0, 0.05) is 12.5 Å². The van der Waals surface area contributed by atoms with E-state index in [2.05, 4.69) is 0 Å². The Hall–Kier alpha value is -1.13. The first-order chi connectivity index (χ1) is 7.43. The fraction of sp³-hybridized carbons (Fsp3) is 0.364. The van der Waals surface area contributed by atoms with E-state index in [1.54, 1.807) is 19.1 Å². The maximum atomic E-state index is 13.4. The van der Waals surface area contributed by atoms with Gasteiger partial charge in [0.25, 0.3) is 0 Å². The van der Waals surface area contributed by atoms with Crippen LogP contribution in [0.1, 0.15) is 30.0 Å². The molecule has 0 saturated carbocycles. The number of carboxylic acids is 1. The number of halogens is 2. The van der Waals surface area contributed by atoms with Gasteiger partial charge in [0.05, 0.1) is 5.02 Å². The number of carboxylic acid groups (broad SMARTS) is 1. The van der Waals surface area contributed by atoms with Crippen molar-refractivity contribution in [3.63, 3.8) is 0 Å². The normalized spacial score (nSPS) is 12.5. The van der Waals surface area contributed by atoms with Crippen molar-refractivity contribution in [3.8, 4) is 0 Å². The van der Waals surface area contributed by atoms with Crippen LogP contribution in [-0.2, 0) is 4.79 Å². The monoisotopic (exact) mass is 245 g/mol.